The molecular weight excluding hydrogens is 486 g/mol. The molecule has 0 atom stereocenters. The maximum absolute atomic E-state index is 12.9. The fourth-order valence-corrected chi connectivity index (χ4v) is 8.27. The number of carbonyl (C=O) groups excluding carboxylic acids is 1. The maximum atomic E-state index is 12.9. The topological polar surface area (TPSA) is 64.4 Å². The van der Waals surface area contributed by atoms with Gasteiger partial charge < -0.3 is 9.64 Å². The first kappa shape index (κ1) is 23.4. The number of likely N-dealkylation sites (tertiary alicyclic amines) is 1. The predicted molar refractivity (Wildman–Crippen MR) is 144 cm³/mol. The van der Waals surface area contributed by atoms with Crippen LogP contribution in [0, 0.1) is 10.8 Å². The van der Waals surface area contributed by atoms with Crippen LogP contribution < -0.4 is 5.56 Å². The number of halogens is 1. The summed E-state index contributed by atoms with van der Waals surface area (Å²) >= 11 is 6.44. The van der Waals surface area contributed by atoms with Crippen molar-refractivity contribution in [2.75, 3.05) is 26.7 Å². The second-order valence-corrected chi connectivity index (χ2v) is 12.9. The quantitative estimate of drug-likeness (QED) is 0.445. The van der Waals surface area contributed by atoms with Crippen LogP contribution in [-0.2, 0) is 14.9 Å². The average Bonchev–Trinajstić information content (AvgIpc) is 3.06. The molecule has 0 unspecified atom stereocenters. The van der Waals surface area contributed by atoms with Gasteiger partial charge in [0.2, 0.25) is 0 Å². The largest absolute Gasteiger partial charge is 0.469 e. The van der Waals surface area contributed by atoms with Gasteiger partial charge in [-0.3, -0.25) is 14.2 Å². The summed E-state index contributed by atoms with van der Waals surface area (Å²) in [4.78, 5) is 32.1. The number of ether oxygens (including phenoxy) is 1. The third kappa shape index (κ3) is 3.18. The first-order valence-electron chi connectivity index (χ1n) is 13.3. The Balaban J connectivity index is 1.13. The number of benzene rings is 2. The molecule has 1 saturated heterocycles. The van der Waals surface area contributed by atoms with E-state index >= 15 is 0 Å². The normalized spacial score (nSPS) is 27.8. The van der Waals surface area contributed by atoms with Crippen LogP contribution in [-0.4, -0.2) is 47.2 Å². The van der Waals surface area contributed by atoms with Crippen molar-refractivity contribution in [3.05, 3.63) is 68.7 Å². The van der Waals surface area contributed by atoms with Crippen molar-refractivity contribution < 1.29 is 9.53 Å². The molecule has 3 heterocycles. The number of hydrogen-bond donors (Lipinski definition) is 0. The van der Waals surface area contributed by atoms with E-state index in [0.29, 0.717) is 21.7 Å². The highest BCUT2D eigenvalue weighted by molar-refractivity contribution is 6.35. The zero-order chi connectivity index (χ0) is 25.7. The predicted octanol–water partition coefficient (Wildman–Crippen LogP) is 5.20. The van der Waals surface area contributed by atoms with Gasteiger partial charge in [-0.1, -0.05) is 29.8 Å². The molecule has 7 heteroatoms. The minimum Gasteiger partial charge on any atom is -0.469 e. The summed E-state index contributed by atoms with van der Waals surface area (Å²) < 4.78 is 7.16. The second-order valence-electron chi connectivity index (χ2n) is 12.5. The van der Waals surface area contributed by atoms with Crippen LogP contribution in [0.3, 0.4) is 0 Å². The van der Waals surface area contributed by atoms with Crippen molar-refractivity contribution in [2.24, 2.45) is 10.8 Å². The van der Waals surface area contributed by atoms with E-state index in [2.05, 4.69) is 46.5 Å². The molecule has 0 N–H and O–H groups in total. The lowest BCUT2D eigenvalue weighted by Crippen LogP contribution is -2.69. The van der Waals surface area contributed by atoms with Gasteiger partial charge in [-0.05, 0) is 99.7 Å². The third-order valence-electron chi connectivity index (χ3n) is 9.74. The van der Waals surface area contributed by atoms with Gasteiger partial charge in [0.05, 0.1) is 39.6 Å². The number of nitrogens with zero attached hydrogens (tertiary/aromatic N) is 3. The molecule has 37 heavy (non-hydrogen) atoms. The highest BCUT2D eigenvalue weighted by Crippen LogP contribution is 2.73. The standard InChI is InChI=1S/C30H32ClN3O3/c1-28(2)20-8-7-19(13-23(20)34-22-6-4-5-21(31)24(22)25(35)32-26(28)34)18-9-11-33(12-10-18)17-29-14-30(15-29,16-29)27(36)37-3/h4-8,13,18H,9-12,14-17H2,1-3H3. The summed E-state index contributed by atoms with van der Waals surface area (Å²) in [7, 11) is 1.51. The minimum atomic E-state index is -0.364. The molecule has 2 aliphatic heterocycles. The zero-order valence-electron chi connectivity index (χ0n) is 21.6. The van der Waals surface area contributed by atoms with Gasteiger partial charge in [0.15, 0.2) is 0 Å². The molecule has 0 amide bonds. The van der Waals surface area contributed by atoms with E-state index in [1.807, 2.05) is 12.1 Å². The van der Waals surface area contributed by atoms with E-state index < -0.39 is 0 Å². The maximum Gasteiger partial charge on any atom is 0.311 e. The summed E-state index contributed by atoms with van der Waals surface area (Å²) in [6.45, 7) is 7.56. The molecule has 6 nitrogen and oxygen atoms in total. The molecule has 3 saturated carbocycles. The number of methoxy groups -OCH3 is 1. The van der Waals surface area contributed by atoms with Crippen molar-refractivity contribution in [1.82, 2.24) is 14.5 Å². The van der Waals surface area contributed by atoms with Gasteiger partial charge in [0.25, 0.3) is 5.56 Å². The summed E-state index contributed by atoms with van der Waals surface area (Å²) in [6, 6.07) is 12.5. The van der Waals surface area contributed by atoms with E-state index in [4.69, 9.17) is 16.3 Å². The van der Waals surface area contributed by atoms with Crippen molar-refractivity contribution in [1.29, 1.82) is 0 Å². The van der Waals surface area contributed by atoms with Crippen LogP contribution >= 0.6 is 11.6 Å². The molecule has 5 aliphatic rings. The lowest BCUT2D eigenvalue weighted by atomic mass is 9.35. The van der Waals surface area contributed by atoms with Crippen molar-refractivity contribution >= 4 is 28.5 Å². The summed E-state index contributed by atoms with van der Waals surface area (Å²) in [5.74, 6) is 1.27. The molecule has 192 valence electrons. The number of esters is 1. The molecule has 0 radical (unpaired) electrons. The van der Waals surface area contributed by atoms with Crippen LogP contribution in [0.4, 0.5) is 0 Å². The molecule has 2 bridgehead atoms. The molecule has 3 aromatic rings. The summed E-state index contributed by atoms with van der Waals surface area (Å²) in [5.41, 5.74) is 4.04. The van der Waals surface area contributed by atoms with Gasteiger partial charge in [-0.15, -0.1) is 0 Å². The Labute approximate surface area is 221 Å². The van der Waals surface area contributed by atoms with Crippen molar-refractivity contribution in [3.8, 4) is 5.69 Å². The van der Waals surface area contributed by atoms with Crippen LogP contribution in [0.2, 0.25) is 5.02 Å². The van der Waals surface area contributed by atoms with E-state index in [9.17, 15) is 9.59 Å². The van der Waals surface area contributed by atoms with Crippen LogP contribution in [0.5, 0.6) is 0 Å². The molecular formula is C30H32ClN3O3. The van der Waals surface area contributed by atoms with E-state index in [-0.39, 0.29) is 22.4 Å². The number of carbonyl (C=O) groups is 1. The van der Waals surface area contributed by atoms with E-state index in [1.54, 1.807) is 6.07 Å². The van der Waals surface area contributed by atoms with Gasteiger partial charge >= 0.3 is 5.97 Å². The first-order valence-corrected chi connectivity index (χ1v) is 13.7. The lowest BCUT2D eigenvalue weighted by molar-refractivity contribution is -0.231. The molecule has 0 spiro atoms. The first-order chi connectivity index (χ1) is 17.7. The molecule has 3 aliphatic carbocycles. The summed E-state index contributed by atoms with van der Waals surface area (Å²) in [6.07, 6.45) is 5.26. The van der Waals surface area contributed by atoms with Crippen LogP contribution in [0.1, 0.15) is 68.8 Å². The zero-order valence-corrected chi connectivity index (χ0v) is 22.4. The monoisotopic (exact) mass is 517 g/mol. The fraction of sp³-hybridized carbons (Fsp3) is 0.500. The van der Waals surface area contributed by atoms with Crippen LogP contribution in [0.25, 0.3) is 16.6 Å². The molecule has 2 aromatic carbocycles. The Morgan fingerprint density at radius 1 is 1.14 bits per heavy atom. The second kappa shape index (κ2) is 7.67. The van der Waals surface area contributed by atoms with E-state index in [1.165, 1.54) is 18.2 Å². The number of rotatable bonds is 4. The summed E-state index contributed by atoms with van der Waals surface area (Å²) in [5, 5.41) is 0.930. The smallest absolute Gasteiger partial charge is 0.311 e. The Hall–Kier alpha value is -2.70. The Kier molecular flexibility index (Phi) is 4.86. The van der Waals surface area contributed by atoms with Gasteiger partial charge in [-0.2, -0.15) is 4.98 Å². The van der Waals surface area contributed by atoms with Crippen molar-refractivity contribution in [2.45, 2.75) is 57.3 Å². The van der Waals surface area contributed by atoms with Crippen molar-refractivity contribution in [3.63, 3.8) is 0 Å². The number of aromatic nitrogens is 2. The Bertz CT molecular complexity index is 1510. The molecule has 1 aromatic heterocycles. The number of hydrogen-bond acceptors (Lipinski definition) is 5. The van der Waals surface area contributed by atoms with Gasteiger partial charge in [0, 0.05) is 6.54 Å². The third-order valence-corrected chi connectivity index (χ3v) is 10.1. The highest BCUT2D eigenvalue weighted by Gasteiger charge is 2.72. The Morgan fingerprint density at radius 3 is 2.57 bits per heavy atom. The number of piperidine rings is 1. The van der Waals surface area contributed by atoms with E-state index in [0.717, 1.165) is 68.8 Å². The Morgan fingerprint density at radius 2 is 1.86 bits per heavy atom. The average molecular weight is 518 g/mol. The van der Waals surface area contributed by atoms with Gasteiger partial charge in [0.1, 0.15) is 5.82 Å². The van der Waals surface area contributed by atoms with Crippen LogP contribution in [0.15, 0.2) is 41.2 Å². The highest BCUT2D eigenvalue weighted by atomic mass is 35.5. The fourth-order valence-electron chi connectivity index (χ4n) is 8.02. The molecule has 8 rings (SSSR count). The minimum absolute atomic E-state index is 0.0101. The molecule has 4 fully saturated rings. The van der Waals surface area contributed by atoms with Gasteiger partial charge in [-0.25, -0.2) is 0 Å². The SMILES string of the molecule is COC(=O)C12CC(CN3CCC(c4ccc5c(c4)-n4c(nc(=O)c6c(Cl)cccc64)C5(C)C)CC3)(C1)C2. The lowest BCUT2D eigenvalue weighted by Gasteiger charge is -2.69. The number of fused-ring (bicyclic) bond motifs is 5.